The predicted octanol–water partition coefficient (Wildman–Crippen LogP) is 2.45. The van der Waals surface area contributed by atoms with Gasteiger partial charge in [0.15, 0.2) is 11.5 Å². The molecule has 2 aliphatic heterocycles. The van der Waals surface area contributed by atoms with Gasteiger partial charge in [0.05, 0.1) is 6.42 Å². The molecule has 1 saturated heterocycles. The van der Waals surface area contributed by atoms with Crippen LogP contribution in [0.15, 0.2) is 42.5 Å². The largest absolute Gasteiger partial charge is 0.454 e. The lowest BCUT2D eigenvalue weighted by Crippen LogP contribution is -2.49. The average Bonchev–Trinajstić information content (AvgIpc) is 3.11. The highest BCUT2D eigenvalue weighted by molar-refractivity contribution is 5.79. The molecule has 0 N–H and O–H groups in total. The molecule has 5 nitrogen and oxygen atoms in total. The Labute approximate surface area is 145 Å². The van der Waals surface area contributed by atoms with Gasteiger partial charge < -0.3 is 19.3 Å². The minimum atomic E-state index is -0.284. The Morgan fingerprint density at radius 3 is 2.44 bits per heavy atom. The van der Waals surface area contributed by atoms with Crippen LogP contribution in [-0.2, 0) is 11.2 Å². The van der Waals surface area contributed by atoms with Crippen LogP contribution >= 0.6 is 0 Å². The number of rotatable bonds is 3. The molecule has 0 radical (unpaired) electrons. The normalized spacial score (nSPS) is 16.2. The van der Waals surface area contributed by atoms with Gasteiger partial charge in [0, 0.05) is 37.9 Å². The van der Waals surface area contributed by atoms with Crippen LogP contribution in [0.1, 0.15) is 5.56 Å². The van der Waals surface area contributed by atoms with Crippen LogP contribution in [-0.4, -0.2) is 43.8 Å². The molecule has 0 unspecified atom stereocenters. The molecule has 0 atom stereocenters. The van der Waals surface area contributed by atoms with Gasteiger partial charge in [-0.05, 0) is 29.8 Å². The standard InChI is InChI=1S/C19H19FN2O3/c20-15-3-1-14(2-4-15)11-19(23)22-9-7-21(8-10-22)16-5-6-17-18(12-16)25-13-24-17/h1-6,12H,7-11,13H2. The molecule has 0 aromatic heterocycles. The van der Waals surface area contributed by atoms with E-state index in [0.29, 0.717) is 19.5 Å². The fourth-order valence-electron chi connectivity index (χ4n) is 3.18. The molecule has 6 heteroatoms. The SMILES string of the molecule is O=C(Cc1ccc(F)cc1)N1CCN(c2ccc3c(c2)OCO3)CC1. The van der Waals surface area contributed by atoms with E-state index in [0.717, 1.165) is 35.8 Å². The summed E-state index contributed by atoms with van der Waals surface area (Å²) < 4.78 is 23.7. The highest BCUT2D eigenvalue weighted by Gasteiger charge is 2.23. The quantitative estimate of drug-likeness (QED) is 0.859. The average molecular weight is 342 g/mol. The number of fused-ring (bicyclic) bond motifs is 1. The lowest BCUT2D eigenvalue weighted by atomic mass is 10.1. The van der Waals surface area contributed by atoms with Crippen molar-refractivity contribution in [2.45, 2.75) is 6.42 Å². The van der Waals surface area contributed by atoms with Gasteiger partial charge in [0.1, 0.15) is 5.82 Å². The monoisotopic (exact) mass is 342 g/mol. The zero-order chi connectivity index (χ0) is 17.2. The van der Waals surface area contributed by atoms with Crippen molar-refractivity contribution >= 4 is 11.6 Å². The molecule has 2 aromatic rings. The van der Waals surface area contributed by atoms with Crippen molar-refractivity contribution in [1.29, 1.82) is 0 Å². The van der Waals surface area contributed by atoms with Crippen LogP contribution in [0.5, 0.6) is 11.5 Å². The summed E-state index contributed by atoms with van der Waals surface area (Å²) >= 11 is 0. The minimum absolute atomic E-state index is 0.0805. The van der Waals surface area contributed by atoms with Crippen LogP contribution in [0.3, 0.4) is 0 Å². The lowest BCUT2D eigenvalue weighted by molar-refractivity contribution is -0.130. The molecule has 2 heterocycles. The first-order chi connectivity index (χ1) is 12.2. The van der Waals surface area contributed by atoms with E-state index in [9.17, 15) is 9.18 Å². The molecule has 4 rings (SSSR count). The first-order valence-corrected chi connectivity index (χ1v) is 8.36. The summed E-state index contributed by atoms with van der Waals surface area (Å²) in [6.07, 6.45) is 0.310. The number of amides is 1. The second-order valence-corrected chi connectivity index (χ2v) is 6.21. The molecular weight excluding hydrogens is 323 g/mol. The molecule has 0 spiro atoms. The smallest absolute Gasteiger partial charge is 0.231 e. The summed E-state index contributed by atoms with van der Waals surface area (Å²) in [4.78, 5) is 16.5. The third-order valence-corrected chi connectivity index (χ3v) is 4.62. The molecular formula is C19H19FN2O3. The van der Waals surface area contributed by atoms with Crippen LogP contribution in [0, 0.1) is 5.82 Å². The van der Waals surface area contributed by atoms with Gasteiger partial charge in [-0.15, -0.1) is 0 Å². The number of hydrogen-bond acceptors (Lipinski definition) is 4. The maximum absolute atomic E-state index is 12.9. The van der Waals surface area contributed by atoms with Crippen molar-refractivity contribution < 1.29 is 18.7 Å². The van der Waals surface area contributed by atoms with Gasteiger partial charge in [0.2, 0.25) is 12.7 Å². The zero-order valence-electron chi connectivity index (χ0n) is 13.8. The van der Waals surface area contributed by atoms with Gasteiger partial charge in [-0.3, -0.25) is 4.79 Å². The Hall–Kier alpha value is -2.76. The summed E-state index contributed by atoms with van der Waals surface area (Å²) in [6, 6.07) is 12.0. The third kappa shape index (κ3) is 3.38. The number of piperazine rings is 1. The summed E-state index contributed by atoms with van der Waals surface area (Å²) in [5.41, 5.74) is 1.92. The van der Waals surface area contributed by atoms with Crippen molar-refractivity contribution in [3.05, 3.63) is 53.8 Å². The fourth-order valence-corrected chi connectivity index (χ4v) is 3.18. The van der Waals surface area contributed by atoms with Crippen molar-refractivity contribution in [2.24, 2.45) is 0 Å². The van der Waals surface area contributed by atoms with E-state index in [2.05, 4.69) is 4.90 Å². The van der Waals surface area contributed by atoms with E-state index < -0.39 is 0 Å². The summed E-state index contributed by atoms with van der Waals surface area (Å²) in [6.45, 7) is 3.16. The number of ether oxygens (including phenoxy) is 2. The maximum Gasteiger partial charge on any atom is 0.231 e. The van der Waals surface area contributed by atoms with Gasteiger partial charge in [-0.1, -0.05) is 12.1 Å². The van der Waals surface area contributed by atoms with E-state index in [1.807, 2.05) is 23.1 Å². The van der Waals surface area contributed by atoms with Gasteiger partial charge >= 0.3 is 0 Å². The molecule has 0 saturated carbocycles. The van der Waals surface area contributed by atoms with E-state index in [4.69, 9.17) is 9.47 Å². The van der Waals surface area contributed by atoms with E-state index in [1.165, 1.54) is 12.1 Å². The lowest BCUT2D eigenvalue weighted by Gasteiger charge is -2.36. The molecule has 0 aliphatic carbocycles. The predicted molar refractivity (Wildman–Crippen MR) is 91.5 cm³/mol. The van der Waals surface area contributed by atoms with Crippen molar-refractivity contribution in [1.82, 2.24) is 4.90 Å². The molecule has 2 aromatic carbocycles. The molecule has 130 valence electrons. The molecule has 1 amide bonds. The van der Waals surface area contributed by atoms with Crippen molar-refractivity contribution in [3.8, 4) is 11.5 Å². The Bertz CT molecular complexity index is 771. The number of anilines is 1. The van der Waals surface area contributed by atoms with E-state index in [1.54, 1.807) is 12.1 Å². The third-order valence-electron chi connectivity index (χ3n) is 4.62. The van der Waals surface area contributed by atoms with Crippen LogP contribution in [0.25, 0.3) is 0 Å². The Kier molecular flexibility index (Phi) is 4.17. The van der Waals surface area contributed by atoms with Crippen molar-refractivity contribution in [2.75, 3.05) is 37.9 Å². The minimum Gasteiger partial charge on any atom is -0.454 e. The van der Waals surface area contributed by atoms with Crippen LogP contribution < -0.4 is 14.4 Å². The van der Waals surface area contributed by atoms with Crippen LogP contribution in [0.2, 0.25) is 0 Å². The Morgan fingerprint density at radius 1 is 0.960 bits per heavy atom. The molecule has 0 bridgehead atoms. The topological polar surface area (TPSA) is 42.0 Å². The Morgan fingerprint density at radius 2 is 1.68 bits per heavy atom. The van der Waals surface area contributed by atoms with Crippen LogP contribution in [0.4, 0.5) is 10.1 Å². The fraction of sp³-hybridized carbons (Fsp3) is 0.316. The Balaban J connectivity index is 1.34. The molecule has 25 heavy (non-hydrogen) atoms. The van der Waals surface area contributed by atoms with Gasteiger partial charge in [-0.25, -0.2) is 4.39 Å². The molecule has 2 aliphatic rings. The number of halogens is 1. The number of benzene rings is 2. The first-order valence-electron chi connectivity index (χ1n) is 8.36. The maximum atomic E-state index is 12.9. The van der Waals surface area contributed by atoms with E-state index >= 15 is 0 Å². The van der Waals surface area contributed by atoms with Crippen molar-refractivity contribution in [3.63, 3.8) is 0 Å². The first kappa shape index (κ1) is 15.7. The number of hydrogen-bond donors (Lipinski definition) is 0. The second-order valence-electron chi connectivity index (χ2n) is 6.21. The summed E-state index contributed by atoms with van der Waals surface area (Å²) in [7, 11) is 0. The zero-order valence-corrected chi connectivity index (χ0v) is 13.8. The van der Waals surface area contributed by atoms with E-state index in [-0.39, 0.29) is 18.5 Å². The number of carbonyl (C=O) groups excluding carboxylic acids is 1. The molecule has 1 fully saturated rings. The summed E-state index contributed by atoms with van der Waals surface area (Å²) in [5.74, 6) is 1.34. The van der Waals surface area contributed by atoms with Gasteiger partial charge in [0.25, 0.3) is 0 Å². The number of nitrogens with zero attached hydrogens (tertiary/aromatic N) is 2. The van der Waals surface area contributed by atoms with Gasteiger partial charge in [-0.2, -0.15) is 0 Å². The second kappa shape index (κ2) is 6.63. The summed E-state index contributed by atoms with van der Waals surface area (Å²) in [5, 5.41) is 0. The highest BCUT2D eigenvalue weighted by atomic mass is 19.1. The number of carbonyl (C=O) groups is 1. The highest BCUT2D eigenvalue weighted by Crippen LogP contribution is 2.35.